The minimum absolute atomic E-state index is 0.108. The molecule has 0 aliphatic rings. The molecular formula is C15H26N2O2S. The van der Waals surface area contributed by atoms with Crippen LogP contribution in [0, 0.1) is 5.41 Å². The van der Waals surface area contributed by atoms with Gasteiger partial charge in [-0.15, -0.1) is 0 Å². The topological polar surface area (TPSA) is 72.2 Å². The number of sulfonamides is 1. The van der Waals surface area contributed by atoms with Crippen molar-refractivity contribution < 1.29 is 8.42 Å². The van der Waals surface area contributed by atoms with Gasteiger partial charge in [-0.05, 0) is 41.5 Å². The first-order valence-corrected chi connectivity index (χ1v) is 8.49. The molecule has 20 heavy (non-hydrogen) atoms. The maximum atomic E-state index is 12.2. The molecular weight excluding hydrogens is 272 g/mol. The van der Waals surface area contributed by atoms with E-state index in [0.29, 0.717) is 18.0 Å². The third-order valence-electron chi connectivity index (χ3n) is 3.26. The summed E-state index contributed by atoms with van der Waals surface area (Å²) < 4.78 is 27.1. The van der Waals surface area contributed by atoms with Crippen LogP contribution in [0.5, 0.6) is 0 Å². The Hall–Kier alpha value is -0.910. The lowest BCUT2D eigenvalue weighted by Crippen LogP contribution is -2.27. The van der Waals surface area contributed by atoms with Gasteiger partial charge in [0.25, 0.3) is 0 Å². The minimum atomic E-state index is -3.45. The fraction of sp³-hybridized carbons (Fsp3) is 0.600. The van der Waals surface area contributed by atoms with Gasteiger partial charge in [-0.2, -0.15) is 0 Å². The molecule has 0 bridgehead atoms. The van der Waals surface area contributed by atoms with Crippen molar-refractivity contribution in [3.05, 3.63) is 29.3 Å². The van der Waals surface area contributed by atoms with Crippen LogP contribution in [-0.2, 0) is 23.0 Å². The van der Waals surface area contributed by atoms with Crippen molar-refractivity contribution in [2.24, 2.45) is 11.1 Å². The fourth-order valence-electron chi connectivity index (χ4n) is 1.95. The molecule has 4 nitrogen and oxygen atoms in total. The van der Waals surface area contributed by atoms with Gasteiger partial charge in [0.2, 0.25) is 10.0 Å². The summed E-state index contributed by atoms with van der Waals surface area (Å²) >= 11 is 0. The smallest absolute Gasteiger partial charge is 0.240 e. The second kappa shape index (κ2) is 6.70. The van der Waals surface area contributed by atoms with Crippen LogP contribution in [0.3, 0.4) is 0 Å². The molecule has 0 aliphatic carbocycles. The van der Waals surface area contributed by atoms with Gasteiger partial charge in [-0.1, -0.05) is 33.8 Å². The third-order valence-corrected chi connectivity index (χ3v) is 4.71. The predicted molar refractivity (Wildman–Crippen MR) is 83.0 cm³/mol. The van der Waals surface area contributed by atoms with E-state index in [-0.39, 0.29) is 5.41 Å². The van der Waals surface area contributed by atoms with Gasteiger partial charge in [0.05, 0.1) is 4.90 Å². The van der Waals surface area contributed by atoms with Crippen molar-refractivity contribution in [3.8, 4) is 0 Å². The Balaban J connectivity index is 2.87. The fourth-order valence-corrected chi connectivity index (χ4v) is 3.03. The summed E-state index contributed by atoms with van der Waals surface area (Å²) in [5, 5.41) is 0. The van der Waals surface area contributed by atoms with Crippen LogP contribution >= 0.6 is 0 Å². The molecule has 0 amide bonds. The molecule has 114 valence electrons. The predicted octanol–water partition coefficient (Wildman–Crippen LogP) is 2.42. The average molecular weight is 298 g/mol. The Kier molecular flexibility index (Phi) is 5.74. The van der Waals surface area contributed by atoms with Gasteiger partial charge in [-0.3, -0.25) is 0 Å². The molecule has 0 fully saturated rings. The van der Waals surface area contributed by atoms with Crippen molar-refractivity contribution in [2.45, 2.75) is 52.0 Å². The number of benzene rings is 1. The highest BCUT2D eigenvalue weighted by Crippen LogP contribution is 2.19. The van der Waals surface area contributed by atoms with Gasteiger partial charge in [0.15, 0.2) is 0 Å². The molecule has 0 aromatic heterocycles. The number of nitrogens with one attached hydrogen (secondary N) is 1. The van der Waals surface area contributed by atoms with Crippen molar-refractivity contribution >= 4 is 10.0 Å². The molecule has 0 saturated carbocycles. The van der Waals surface area contributed by atoms with E-state index in [1.54, 1.807) is 12.1 Å². The summed E-state index contributed by atoms with van der Waals surface area (Å²) in [6, 6.07) is 5.18. The van der Waals surface area contributed by atoms with Gasteiger partial charge in [-0.25, -0.2) is 13.1 Å². The monoisotopic (exact) mass is 298 g/mol. The highest BCUT2D eigenvalue weighted by molar-refractivity contribution is 7.89. The van der Waals surface area contributed by atoms with Gasteiger partial charge >= 0.3 is 0 Å². The first-order chi connectivity index (χ1) is 9.19. The van der Waals surface area contributed by atoms with E-state index >= 15 is 0 Å². The normalized spacial score (nSPS) is 12.7. The van der Waals surface area contributed by atoms with Crippen LogP contribution in [0.15, 0.2) is 23.1 Å². The quantitative estimate of drug-likeness (QED) is 0.847. The van der Waals surface area contributed by atoms with Gasteiger partial charge in [0, 0.05) is 13.1 Å². The van der Waals surface area contributed by atoms with Crippen LogP contribution in [0.4, 0.5) is 0 Å². The van der Waals surface area contributed by atoms with Crippen LogP contribution in [0.25, 0.3) is 0 Å². The van der Waals surface area contributed by atoms with Crippen molar-refractivity contribution in [1.29, 1.82) is 0 Å². The summed E-state index contributed by atoms with van der Waals surface area (Å²) in [7, 11) is -3.45. The molecule has 0 radical (unpaired) electrons. The molecule has 0 atom stereocenters. The molecule has 1 aromatic rings. The minimum Gasteiger partial charge on any atom is -0.326 e. The average Bonchev–Trinajstić information content (AvgIpc) is 2.36. The first kappa shape index (κ1) is 17.1. The Morgan fingerprint density at radius 2 is 1.85 bits per heavy atom. The van der Waals surface area contributed by atoms with Crippen LogP contribution in [-0.4, -0.2) is 15.0 Å². The summed E-state index contributed by atoms with van der Waals surface area (Å²) in [6.07, 6.45) is 1.65. The van der Waals surface area contributed by atoms with E-state index in [1.165, 1.54) is 0 Å². The van der Waals surface area contributed by atoms with Crippen LogP contribution < -0.4 is 10.5 Å². The zero-order chi connectivity index (χ0) is 15.4. The molecule has 0 heterocycles. The molecule has 0 unspecified atom stereocenters. The number of rotatable bonds is 6. The number of aryl methyl sites for hydroxylation is 1. The molecule has 3 N–H and O–H groups in total. The summed E-state index contributed by atoms with van der Waals surface area (Å²) in [5.74, 6) is 0. The zero-order valence-electron chi connectivity index (χ0n) is 12.9. The van der Waals surface area contributed by atoms with E-state index in [9.17, 15) is 8.42 Å². The van der Waals surface area contributed by atoms with E-state index in [2.05, 4.69) is 25.5 Å². The molecule has 1 rings (SSSR count). The maximum absolute atomic E-state index is 12.2. The SMILES string of the molecule is CCc1ccc(S(=O)(=O)NCCC(C)(C)C)cc1CN. The number of nitrogens with two attached hydrogens (primary N) is 1. The van der Waals surface area contributed by atoms with E-state index in [0.717, 1.165) is 24.0 Å². The lowest BCUT2D eigenvalue weighted by Gasteiger charge is -2.18. The van der Waals surface area contributed by atoms with Gasteiger partial charge in [0.1, 0.15) is 0 Å². The van der Waals surface area contributed by atoms with E-state index < -0.39 is 10.0 Å². The Morgan fingerprint density at radius 1 is 1.20 bits per heavy atom. The molecule has 0 spiro atoms. The standard InChI is InChI=1S/C15H26N2O2S/c1-5-12-6-7-14(10-13(12)11-16)20(18,19)17-9-8-15(2,3)4/h6-7,10,17H,5,8-9,11,16H2,1-4H3. The highest BCUT2D eigenvalue weighted by atomic mass is 32.2. The molecule has 5 heteroatoms. The lowest BCUT2D eigenvalue weighted by molar-refractivity contribution is 0.378. The summed E-state index contributed by atoms with van der Waals surface area (Å²) in [6.45, 7) is 9.09. The molecule has 1 aromatic carbocycles. The highest BCUT2D eigenvalue weighted by Gasteiger charge is 2.17. The first-order valence-electron chi connectivity index (χ1n) is 7.01. The second-order valence-electron chi connectivity index (χ2n) is 6.20. The van der Waals surface area contributed by atoms with Crippen molar-refractivity contribution in [2.75, 3.05) is 6.54 Å². The number of hydrogen-bond acceptors (Lipinski definition) is 3. The van der Waals surface area contributed by atoms with Crippen molar-refractivity contribution in [3.63, 3.8) is 0 Å². The summed E-state index contributed by atoms with van der Waals surface area (Å²) in [4.78, 5) is 0.295. The molecule has 0 saturated heterocycles. The second-order valence-corrected chi connectivity index (χ2v) is 7.96. The van der Waals surface area contributed by atoms with Crippen LogP contribution in [0.2, 0.25) is 0 Å². The van der Waals surface area contributed by atoms with Gasteiger partial charge < -0.3 is 5.73 Å². The zero-order valence-corrected chi connectivity index (χ0v) is 13.7. The Morgan fingerprint density at radius 3 is 2.35 bits per heavy atom. The Labute approximate surface area is 122 Å². The maximum Gasteiger partial charge on any atom is 0.240 e. The summed E-state index contributed by atoms with van der Waals surface area (Å²) in [5.41, 5.74) is 7.78. The molecule has 0 aliphatic heterocycles. The Bertz CT molecular complexity index is 545. The van der Waals surface area contributed by atoms with Crippen molar-refractivity contribution in [1.82, 2.24) is 4.72 Å². The van der Waals surface area contributed by atoms with E-state index in [1.807, 2.05) is 13.0 Å². The van der Waals surface area contributed by atoms with Crippen LogP contribution in [0.1, 0.15) is 45.2 Å². The largest absolute Gasteiger partial charge is 0.326 e. The lowest BCUT2D eigenvalue weighted by atomic mass is 9.93. The van der Waals surface area contributed by atoms with E-state index in [4.69, 9.17) is 5.73 Å². The third kappa shape index (κ3) is 4.89. The number of hydrogen-bond donors (Lipinski definition) is 2.